The standard InChI is InChI=1S/C34H35N3O3/c1-2-40-33(38)23-36-21-27(30-13-6-7-14-32(30)36)22-37(28-15-16-28)34(39)31-20-35-18-17-29(31)26-12-8-11-25(19-26)24-9-4-3-5-10-24/h3-14,19,21,28,35H,2,15-18,20,22-23H2,1H3. The number of para-hydroxylation sites is 1. The monoisotopic (exact) mass is 533 g/mol. The first kappa shape index (κ1) is 26.1. The van der Waals surface area contributed by atoms with Gasteiger partial charge in [-0.15, -0.1) is 0 Å². The number of hydrogen-bond acceptors (Lipinski definition) is 4. The van der Waals surface area contributed by atoms with Crippen molar-refractivity contribution in [2.24, 2.45) is 0 Å². The van der Waals surface area contributed by atoms with Crippen molar-refractivity contribution >= 4 is 28.4 Å². The van der Waals surface area contributed by atoms with Gasteiger partial charge in [0.2, 0.25) is 0 Å². The van der Waals surface area contributed by atoms with Gasteiger partial charge in [-0.3, -0.25) is 9.59 Å². The third-order valence-corrected chi connectivity index (χ3v) is 7.86. The summed E-state index contributed by atoms with van der Waals surface area (Å²) in [6.07, 6.45) is 4.87. The third kappa shape index (κ3) is 5.45. The number of esters is 1. The van der Waals surface area contributed by atoms with Gasteiger partial charge in [0.1, 0.15) is 6.54 Å². The summed E-state index contributed by atoms with van der Waals surface area (Å²) in [6, 6.07) is 27.3. The van der Waals surface area contributed by atoms with Crippen LogP contribution in [-0.2, 0) is 27.4 Å². The van der Waals surface area contributed by atoms with Crippen LogP contribution >= 0.6 is 0 Å². The summed E-state index contributed by atoms with van der Waals surface area (Å²) in [6.45, 7) is 4.26. The first-order chi connectivity index (χ1) is 19.6. The van der Waals surface area contributed by atoms with Crippen molar-refractivity contribution in [3.63, 3.8) is 0 Å². The minimum absolute atomic E-state index is 0.108. The topological polar surface area (TPSA) is 63.6 Å². The largest absolute Gasteiger partial charge is 0.465 e. The molecular weight excluding hydrogens is 498 g/mol. The van der Waals surface area contributed by atoms with Crippen molar-refractivity contribution in [1.82, 2.24) is 14.8 Å². The zero-order valence-corrected chi connectivity index (χ0v) is 22.9. The van der Waals surface area contributed by atoms with Crippen molar-refractivity contribution < 1.29 is 14.3 Å². The number of rotatable bonds is 9. The fourth-order valence-electron chi connectivity index (χ4n) is 5.76. The molecule has 1 aliphatic carbocycles. The Kier molecular flexibility index (Phi) is 7.51. The van der Waals surface area contributed by atoms with Crippen LogP contribution in [0.3, 0.4) is 0 Å². The first-order valence-corrected chi connectivity index (χ1v) is 14.2. The first-order valence-electron chi connectivity index (χ1n) is 14.2. The van der Waals surface area contributed by atoms with E-state index in [4.69, 9.17) is 4.74 Å². The number of carbonyl (C=O) groups is 2. The fourth-order valence-corrected chi connectivity index (χ4v) is 5.76. The van der Waals surface area contributed by atoms with Gasteiger partial charge in [0, 0.05) is 41.8 Å². The third-order valence-electron chi connectivity index (χ3n) is 7.86. The molecule has 1 saturated carbocycles. The molecule has 2 aliphatic rings. The molecule has 1 fully saturated rings. The van der Waals surface area contributed by atoms with Crippen molar-refractivity contribution in [1.29, 1.82) is 0 Å². The van der Waals surface area contributed by atoms with Gasteiger partial charge < -0.3 is 19.5 Å². The van der Waals surface area contributed by atoms with E-state index in [1.165, 1.54) is 5.56 Å². The summed E-state index contributed by atoms with van der Waals surface area (Å²) in [4.78, 5) is 28.6. The second-order valence-corrected chi connectivity index (χ2v) is 10.6. The van der Waals surface area contributed by atoms with E-state index in [0.29, 0.717) is 19.7 Å². The molecule has 40 heavy (non-hydrogen) atoms. The molecule has 0 bridgehead atoms. The Morgan fingerprint density at radius 3 is 2.50 bits per heavy atom. The molecular formula is C34H35N3O3. The quantitative estimate of drug-likeness (QED) is 0.276. The van der Waals surface area contributed by atoms with Crippen molar-refractivity contribution in [2.75, 3.05) is 19.7 Å². The van der Waals surface area contributed by atoms with E-state index in [1.807, 2.05) is 42.0 Å². The summed E-state index contributed by atoms with van der Waals surface area (Å²) < 4.78 is 7.15. The molecule has 3 aromatic carbocycles. The van der Waals surface area contributed by atoms with Gasteiger partial charge in [-0.2, -0.15) is 0 Å². The van der Waals surface area contributed by atoms with Crippen LogP contribution in [0.25, 0.3) is 27.6 Å². The van der Waals surface area contributed by atoms with E-state index in [1.54, 1.807) is 0 Å². The smallest absolute Gasteiger partial charge is 0.325 e. The molecule has 4 aromatic rings. The maximum absolute atomic E-state index is 14.3. The molecule has 6 rings (SSSR count). The van der Waals surface area contributed by atoms with Crippen molar-refractivity contribution in [3.8, 4) is 11.1 Å². The van der Waals surface area contributed by atoms with E-state index < -0.39 is 0 Å². The molecule has 0 spiro atoms. The van der Waals surface area contributed by atoms with Crippen LogP contribution in [0.1, 0.15) is 37.3 Å². The molecule has 1 aliphatic heterocycles. The van der Waals surface area contributed by atoms with Crippen LogP contribution in [-0.4, -0.2) is 47.1 Å². The molecule has 6 nitrogen and oxygen atoms in total. The second-order valence-electron chi connectivity index (χ2n) is 10.6. The predicted octanol–water partition coefficient (Wildman–Crippen LogP) is 5.81. The van der Waals surface area contributed by atoms with Gasteiger partial charge in [-0.25, -0.2) is 0 Å². The maximum Gasteiger partial charge on any atom is 0.325 e. The number of fused-ring (bicyclic) bond motifs is 1. The van der Waals surface area contributed by atoms with Crippen LogP contribution in [0.5, 0.6) is 0 Å². The molecule has 204 valence electrons. The fraction of sp³-hybridized carbons (Fsp3) is 0.294. The minimum Gasteiger partial charge on any atom is -0.465 e. The van der Waals surface area contributed by atoms with Crippen molar-refractivity contribution in [2.45, 2.75) is 45.3 Å². The Hall–Kier alpha value is -4.16. The molecule has 1 amide bonds. The second kappa shape index (κ2) is 11.5. The highest BCUT2D eigenvalue weighted by Gasteiger charge is 2.36. The molecule has 0 atom stereocenters. The molecule has 6 heteroatoms. The highest BCUT2D eigenvalue weighted by molar-refractivity contribution is 6.02. The number of benzene rings is 3. The lowest BCUT2D eigenvalue weighted by atomic mass is 9.91. The van der Waals surface area contributed by atoms with Gasteiger partial charge in [-0.1, -0.05) is 66.7 Å². The van der Waals surface area contributed by atoms with E-state index in [9.17, 15) is 9.59 Å². The Morgan fingerprint density at radius 1 is 0.950 bits per heavy atom. The van der Waals surface area contributed by atoms with Crippen LogP contribution in [0, 0.1) is 0 Å². The van der Waals surface area contributed by atoms with Gasteiger partial charge >= 0.3 is 5.97 Å². The van der Waals surface area contributed by atoms with E-state index >= 15 is 0 Å². The van der Waals surface area contributed by atoms with Gasteiger partial charge in [0.25, 0.3) is 5.91 Å². The lowest BCUT2D eigenvalue weighted by Crippen LogP contribution is -2.39. The summed E-state index contributed by atoms with van der Waals surface area (Å²) in [5.41, 5.74) is 7.47. The molecule has 0 radical (unpaired) electrons. The number of ether oxygens (including phenoxy) is 1. The SMILES string of the molecule is CCOC(=O)Cn1cc(CN(C(=O)C2=C(c3cccc(-c4ccccc4)c3)CCNC2)C2CC2)c2ccccc21. The van der Waals surface area contributed by atoms with Crippen LogP contribution in [0.4, 0.5) is 0 Å². The highest BCUT2D eigenvalue weighted by Crippen LogP contribution is 2.35. The highest BCUT2D eigenvalue weighted by atomic mass is 16.5. The zero-order chi connectivity index (χ0) is 27.5. The van der Waals surface area contributed by atoms with Crippen LogP contribution in [0.2, 0.25) is 0 Å². The summed E-state index contributed by atoms with van der Waals surface area (Å²) >= 11 is 0. The lowest BCUT2D eigenvalue weighted by molar-refractivity contribution is -0.143. The normalized spacial score (nSPS) is 15.3. The molecule has 0 saturated heterocycles. The molecule has 1 N–H and O–H groups in total. The lowest BCUT2D eigenvalue weighted by Gasteiger charge is -2.28. The molecule has 2 heterocycles. The van der Waals surface area contributed by atoms with Gasteiger partial charge in [0.05, 0.1) is 6.61 Å². The van der Waals surface area contributed by atoms with Gasteiger partial charge in [0.15, 0.2) is 0 Å². The van der Waals surface area contributed by atoms with Gasteiger partial charge in [-0.05, 0) is 72.7 Å². The van der Waals surface area contributed by atoms with Crippen molar-refractivity contribution in [3.05, 3.63) is 102 Å². The van der Waals surface area contributed by atoms with Crippen LogP contribution in [0.15, 0.2) is 90.6 Å². The molecule has 0 unspecified atom stereocenters. The van der Waals surface area contributed by atoms with E-state index in [2.05, 4.69) is 64.8 Å². The number of nitrogens with one attached hydrogen (secondary N) is 1. The minimum atomic E-state index is -0.259. The van der Waals surface area contributed by atoms with E-state index in [0.717, 1.165) is 64.5 Å². The Bertz CT molecular complexity index is 1570. The number of carbonyl (C=O) groups excluding carboxylic acids is 2. The average molecular weight is 534 g/mol. The van der Waals surface area contributed by atoms with Crippen LogP contribution < -0.4 is 5.32 Å². The molecule has 1 aromatic heterocycles. The maximum atomic E-state index is 14.3. The number of aromatic nitrogens is 1. The number of hydrogen-bond donors (Lipinski definition) is 1. The average Bonchev–Trinajstić information content (AvgIpc) is 3.79. The van der Waals surface area contributed by atoms with E-state index in [-0.39, 0.29) is 24.5 Å². The predicted molar refractivity (Wildman–Crippen MR) is 158 cm³/mol. The zero-order valence-electron chi connectivity index (χ0n) is 22.9. The Balaban J connectivity index is 1.33. The number of amides is 1. The Morgan fingerprint density at radius 2 is 1.70 bits per heavy atom. The summed E-state index contributed by atoms with van der Waals surface area (Å²) in [5.74, 6) is -0.150. The summed E-state index contributed by atoms with van der Waals surface area (Å²) in [5, 5.41) is 4.51. The summed E-state index contributed by atoms with van der Waals surface area (Å²) in [7, 11) is 0. The Labute approximate surface area is 235 Å². The number of nitrogens with zero attached hydrogens (tertiary/aromatic N) is 2.